The molecule has 3 heteroatoms. The summed E-state index contributed by atoms with van der Waals surface area (Å²) in [6, 6.07) is 6.15. The second kappa shape index (κ2) is 2.79. The van der Waals surface area contributed by atoms with Crippen LogP contribution in [0.25, 0.3) is 16.6 Å². The molecule has 0 N–H and O–H groups in total. The molecule has 3 rings (SSSR count). The summed E-state index contributed by atoms with van der Waals surface area (Å²) in [5.74, 6) is 0.973. The first kappa shape index (κ1) is 8.41. The van der Waals surface area contributed by atoms with Crippen molar-refractivity contribution in [2.24, 2.45) is 0 Å². The zero-order chi connectivity index (χ0) is 10.4. The maximum Gasteiger partial charge on any atom is 0.147 e. The Bertz CT molecular complexity index is 652. The van der Waals surface area contributed by atoms with Gasteiger partial charge in [-0.3, -0.25) is 4.40 Å². The van der Waals surface area contributed by atoms with E-state index in [4.69, 9.17) is 0 Å². The van der Waals surface area contributed by atoms with Crippen LogP contribution in [0.2, 0.25) is 0 Å². The average molecular weight is 197 g/mol. The Balaban J connectivity index is 2.68. The number of hydrogen-bond donors (Lipinski definition) is 0. The molecule has 0 aliphatic carbocycles. The largest absolute Gasteiger partial charge is 0.288 e. The molecule has 3 aromatic rings. The fourth-order valence-electron chi connectivity index (χ4n) is 2.01. The molecule has 0 saturated heterocycles. The van der Waals surface area contributed by atoms with E-state index in [-0.39, 0.29) is 0 Å². The van der Waals surface area contributed by atoms with Crippen LogP contribution in [0.15, 0.2) is 30.6 Å². The van der Waals surface area contributed by atoms with E-state index in [1.807, 2.05) is 35.9 Å². The second-order valence-electron chi connectivity index (χ2n) is 3.75. The summed E-state index contributed by atoms with van der Waals surface area (Å²) in [7, 11) is 0. The lowest BCUT2D eigenvalue weighted by Crippen LogP contribution is -1.96. The van der Waals surface area contributed by atoms with Gasteiger partial charge < -0.3 is 0 Å². The minimum atomic E-state index is 0.973. The number of hydrogen-bond acceptors (Lipinski definition) is 2. The lowest BCUT2D eigenvalue weighted by molar-refractivity contribution is 1.01. The van der Waals surface area contributed by atoms with Crippen molar-refractivity contribution >= 4 is 16.6 Å². The predicted molar refractivity (Wildman–Crippen MR) is 60.0 cm³/mol. The van der Waals surface area contributed by atoms with Gasteiger partial charge in [0.05, 0.1) is 5.52 Å². The van der Waals surface area contributed by atoms with Gasteiger partial charge in [-0.15, -0.1) is 0 Å². The van der Waals surface area contributed by atoms with E-state index in [0.29, 0.717) is 0 Å². The van der Waals surface area contributed by atoms with Crippen LogP contribution < -0.4 is 0 Å². The van der Waals surface area contributed by atoms with Crippen molar-refractivity contribution in [3.05, 3.63) is 42.0 Å². The highest BCUT2D eigenvalue weighted by Gasteiger charge is 2.07. The third-order valence-corrected chi connectivity index (χ3v) is 2.75. The molecule has 0 saturated carbocycles. The fraction of sp³-hybridized carbons (Fsp3) is 0.167. The Morgan fingerprint density at radius 2 is 2.07 bits per heavy atom. The van der Waals surface area contributed by atoms with Gasteiger partial charge in [-0.1, -0.05) is 12.1 Å². The Morgan fingerprint density at radius 1 is 1.20 bits per heavy atom. The van der Waals surface area contributed by atoms with Gasteiger partial charge in [-0.2, -0.15) is 0 Å². The summed E-state index contributed by atoms with van der Waals surface area (Å²) in [4.78, 5) is 8.95. The topological polar surface area (TPSA) is 30.2 Å². The average Bonchev–Trinajstić information content (AvgIpc) is 2.66. The Hall–Kier alpha value is -1.90. The van der Waals surface area contributed by atoms with Crippen LogP contribution in [-0.4, -0.2) is 14.4 Å². The first-order valence-corrected chi connectivity index (χ1v) is 4.96. The zero-order valence-electron chi connectivity index (χ0n) is 8.73. The highest BCUT2D eigenvalue weighted by atomic mass is 15.1. The van der Waals surface area contributed by atoms with Gasteiger partial charge in [0.15, 0.2) is 0 Å². The van der Waals surface area contributed by atoms with Crippen LogP contribution in [-0.2, 0) is 0 Å². The first-order valence-electron chi connectivity index (χ1n) is 4.96. The van der Waals surface area contributed by atoms with E-state index in [2.05, 4.69) is 23.0 Å². The number of benzene rings is 1. The van der Waals surface area contributed by atoms with Crippen molar-refractivity contribution in [3.63, 3.8) is 0 Å². The molecule has 0 unspecified atom stereocenters. The molecule has 0 aliphatic heterocycles. The molecular formula is C12H11N3. The standard InChI is InChI=1S/C12H11N3/c1-8-4-3-5-10-11(8)12-13-6-7-15(12)9(2)14-10/h3-7H,1-2H3. The number of aromatic nitrogens is 3. The number of fused-ring (bicyclic) bond motifs is 3. The molecule has 0 radical (unpaired) electrons. The van der Waals surface area contributed by atoms with Gasteiger partial charge in [0, 0.05) is 17.8 Å². The van der Waals surface area contributed by atoms with Crippen molar-refractivity contribution in [2.75, 3.05) is 0 Å². The smallest absolute Gasteiger partial charge is 0.147 e. The van der Waals surface area contributed by atoms with E-state index in [0.717, 1.165) is 22.4 Å². The second-order valence-corrected chi connectivity index (χ2v) is 3.75. The van der Waals surface area contributed by atoms with Gasteiger partial charge in [-0.25, -0.2) is 9.97 Å². The molecule has 15 heavy (non-hydrogen) atoms. The summed E-state index contributed by atoms with van der Waals surface area (Å²) in [6.07, 6.45) is 3.76. The summed E-state index contributed by atoms with van der Waals surface area (Å²) in [6.45, 7) is 4.09. The van der Waals surface area contributed by atoms with E-state index in [1.165, 1.54) is 5.56 Å². The van der Waals surface area contributed by atoms with Crippen LogP contribution >= 0.6 is 0 Å². The van der Waals surface area contributed by atoms with Crippen LogP contribution in [0.5, 0.6) is 0 Å². The van der Waals surface area contributed by atoms with E-state index >= 15 is 0 Å². The molecule has 0 bridgehead atoms. The Labute approximate surface area is 87.4 Å². The minimum absolute atomic E-state index is 0.973. The molecule has 3 nitrogen and oxygen atoms in total. The molecule has 2 aromatic heterocycles. The molecule has 1 aromatic carbocycles. The van der Waals surface area contributed by atoms with E-state index in [9.17, 15) is 0 Å². The summed E-state index contributed by atoms with van der Waals surface area (Å²) < 4.78 is 2.02. The van der Waals surface area contributed by atoms with Crippen LogP contribution in [0.3, 0.4) is 0 Å². The molecule has 0 spiro atoms. The van der Waals surface area contributed by atoms with Crippen LogP contribution in [0, 0.1) is 13.8 Å². The number of nitrogens with zero attached hydrogens (tertiary/aromatic N) is 3. The van der Waals surface area contributed by atoms with Gasteiger partial charge in [0.2, 0.25) is 0 Å². The number of imidazole rings is 1. The van der Waals surface area contributed by atoms with Gasteiger partial charge in [0.1, 0.15) is 11.5 Å². The Morgan fingerprint density at radius 3 is 2.93 bits per heavy atom. The van der Waals surface area contributed by atoms with Crippen LogP contribution in [0.4, 0.5) is 0 Å². The molecule has 0 fully saturated rings. The van der Waals surface area contributed by atoms with Crippen molar-refractivity contribution in [1.29, 1.82) is 0 Å². The monoisotopic (exact) mass is 197 g/mol. The summed E-state index contributed by atoms with van der Waals surface area (Å²) in [5, 5.41) is 1.15. The molecule has 2 heterocycles. The third kappa shape index (κ3) is 1.06. The van der Waals surface area contributed by atoms with E-state index < -0.39 is 0 Å². The molecule has 0 amide bonds. The molecule has 0 aliphatic rings. The van der Waals surface area contributed by atoms with Gasteiger partial charge in [-0.05, 0) is 25.5 Å². The Kier molecular flexibility index (Phi) is 1.57. The quantitative estimate of drug-likeness (QED) is 0.554. The maximum atomic E-state index is 4.56. The predicted octanol–water partition coefficient (Wildman–Crippen LogP) is 2.50. The normalized spacial score (nSPS) is 11.3. The zero-order valence-corrected chi connectivity index (χ0v) is 8.73. The van der Waals surface area contributed by atoms with Crippen molar-refractivity contribution < 1.29 is 0 Å². The summed E-state index contributed by atoms with van der Waals surface area (Å²) in [5.41, 5.74) is 3.23. The van der Waals surface area contributed by atoms with Crippen molar-refractivity contribution in [2.45, 2.75) is 13.8 Å². The van der Waals surface area contributed by atoms with Crippen LogP contribution in [0.1, 0.15) is 11.4 Å². The van der Waals surface area contributed by atoms with Crippen molar-refractivity contribution in [3.8, 4) is 0 Å². The van der Waals surface area contributed by atoms with Gasteiger partial charge >= 0.3 is 0 Å². The summed E-state index contributed by atoms with van der Waals surface area (Å²) >= 11 is 0. The molecule has 74 valence electrons. The number of aryl methyl sites for hydroxylation is 2. The van der Waals surface area contributed by atoms with Crippen molar-refractivity contribution in [1.82, 2.24) is 14.4 Å². The third-order valence-electron chi connectivity index (χ3n) is 2.75. The lowest BCUT2D eigenvalue weighted by atomic mass is 10.1. The minimum Gasteiger partial charge on any atom is -0.288 e. The highest BCUT2D eigenvalue weighted by Crippen LogP contribution is 2.21. The van der Waals surface area contributed by atoms with Gasteiger partial charge in [0.25, 0.3) is 0 Å². The number of rotatable bonds is 0. The molecular weight excluding hydrogens is 186 g/mol. The SMILES string of the molecule is Cc1cccc2nc(C)n3ccnc3c12. The maximum absolute atomic E-state index is 4.56. The molecule has 0 atom stereocenters. The fourth-order valence-corrected chi connectivity index (χ4v) is 2.01. The lowest BCUT2D eigenvalue weighted by Gasteiger charge is -2.05. The highest BCUT2D eigenvalue weighted by molar-refractivity contribution is 5.94. The van der Waals surface area contributed by atoms with E-state index in [1.54, 1.807) is 0 Å². The first-order chi connectivity index (χ1) is 7.27.